The lowest BCUT2D eigenvalue weighted by molar-refractivity contribution is -0.0719. The molecular weight excluding hydrogens is 286 g/mol. The standard InChI is InChI=1S/C20H27NO2/c1-19-9-7-16-15-6-4-14(23-2)11-13(15)3-5-17(16)18(19)8-10-20(19,22)12-21/h4,16-18,22H,3,5-11H2,1-2H3. The number of rotatable bonds is 1. The predicted octanol–water partition coefficient (Wildman–Crippen LogP) is 4.10. The van der Waals surface area contributed by atoms with E-state index in [1.54, 1.807) is 18.3 Å². The van der Waals surface area contributed by atoms with E-state index in [2.05, 4.69) is 19.1 Å². The number of nitriles is 1. The summed E-state index contributed by atoms with van der Waals surface area (Å²) in [6.07, 6.45) is 10.5. The highest BCUT2D eigenvalue weighted by Gasteiger charge is 2.62. The second kappa shape index (κ2) is 5.11. The van der Waals surface area contributed by atoms with E-state index in [-0.39, 0.29) is 5.41 Å². The minimum atomic E-state index is -1.10. The Morgan fingerprint density at radius 2 is 2.13 bits per heavy atom. The third kappa shape index (κ3) is 1.97. The van der Waals surface area contributed by atoms with Crippen LogP contribution in [0.4, 0.5) is 0 Å². The first kappa shape index (κ1) is 15.3. The maximum atomic E-state index is 10.8. The molecule has 2 saturated carbocycles. The normalized spacial score (nSPS) is 45.5. The summed E-state index contributed by atoms with van der Waals surface area (Å²) < 4.78 is 5.46. The summed E-state index contributed by atoms with van der Waals surface area (Å²) in [6, 6.07) is 2.26. The highest BCUT2D eigenvalue weighted by molar-refractivity contribution is 5.33. The lowest BCUT2D eigenvalue weighted by Crippen LogP contribution is -2.50. The van der Waals surface area contributed by atoms with Crippen LogP contribution in [0.2, 0.25) is 0 Å². The topological polar surface area (TPSA) is 53.2 Å². The first-order chi connectivity index (χ1) is 11.0. The molecular formula is C20H27NO2. The van der Waals surface area contributed by atoms with Gasteiger partial charge < -0.3 is 9.84 Å². The van der Waals surface area contributed by atoms with Gasteiger partial charge in [-0.2, -0.15) is 5.26 Å². The molecule has 0 amide bonds. The van der Waals surface area contributed by atoms with Gasteiger partial charge in [0.25, 0.3) is 0 Å². The molecule has 3 nitrogen and oxygen atoms in total. The van der Waals surface area contributed by atoms with Crippen molar-refractivity contribution in [3.05, 3.63) is 23.0 Å². The van der Waals surface area contributed by atoms with Gasteiger partial charge in [-0.1, -0.05) is 18.1 Å². The Labute approximate surface area is 139 Å². The molecule has 0 bridgehead atoms. The molecule has 5 atom stereocenters. The second-order valence-corrected chi connectivity index (χ2v) is 8.27. The zero-order chi connectivity index (χ0) is 16.2. The van der Waals surface area contributed by atoms with Crippen LogP contribution in [-0.4, -0.2) is 17.8 Å². The van der Waals surface area contributed by atoms with Gasteiger partial charge in [-0.05, 0) is 68.8 Å². The smallest absolute Gasteiger partial charge is 0.156 e. The van der Waals surface area contributed by atoms with Crippen LogP contribution in [0.3, 0.4) is 0 Å². The Kier molecular flexibility index (Phi) is 3.39. The van der Waals surface area contributed by atoms with Crippen LogP contribution in [0, 0.1) is 34.5 Å². The van der Waals surface area contributed by atoms with E-state index in [1.165, 1.54) is 12.8 Å². The Morgan fingerprint density at radius 3 is 2.87 bits per heavy atom. The fraction of sp³-hybridized carbons (Fsp3) is 0.750. The van der Waals surface area contributed by atoms with E-state index >= 15 is 0 Å². The molecule has 0 heterocycles. The van der Waals surface area contributed by atoms with E-state index in [0.717, 1.165) is 37.9 Å². The summed E-state index contributed by atoms with van der Waals surface area (Å²) in [4.78, 5) is 0. The number of hydrogen-bond acceptors (Lipinski definition) is 3. The van der Waals surface area contributed by atoms with Crippen molar-refractivity contribution in [3.63, 3.8) is 0 Å². The fourth-order valence-electron chi connectivity index (χ4n) is 6.25. The van der Waals surface area contributed by atoms with Crippen molar-refractivity contribution in [2.24, 2.45) is 23.2 Å². The van der Waals surface area contributed by atoms with Gasteiger partial charge in [0, 0.05) is 11.8 Å². The largest absolute Gasteiger partial charge is 0.501 e. The molecule has 0 aliphatic heterocycles. The molecule has 4 rings (SSSR count). The number of aliphatic hydroxyl groups is 1. The number of fused-ring (bicyclic) bond motifs is 4. The zero-order valence-electron chi connectivity index (χ0n) is 14.3. The second-order valence-electron chi connectivity index (χ2n) is 8.27. The molecule has 23 heavy (non-hydrogen) atoms. The number of ether oxygens (including phenoxy) is 1. The highest BCUT2D eigenvalue weighted by atomic mass is 16.5. The summed E-state index contributed by atoms with van der Waals surface area (Å²) in [6.45, 7) is 2.18. The molecule has 0 saturated heterocycles. The molecule has 0 spiro atoms. The Bertz CT molecular complexity index is 628. The van der Waals surface area contributed by atoms with Gasteiger partial charge in [-0.25, -0.2) is 0 Å². The Hall–Kier alpha value is -1.27. The molecule has 3 heteroatoms. The van der Waals surface area contributed by atoms with Crippen LogP contribution in [-0.2, 0) is 4.74 Å². The minimum Gasteiger partial charge on any atom is -0.501 e. The van der Waals surface area contributed by atoms with E-state index in [9.17, 15) is 10.4 Å². The average Bonchev–Trinajstić information content (AvgIpc) is 2.86. The maximum absolute atomic E-state index is 10.8. The third-order valence-electron chi connectivity index (χ3n) is 7.65. The highest BCUT2D eigenvalue weighted by Crippen LogP contribution is 2.64. The van der Waals surface area contributed by atoms with Gasteiger partial charge in [0.1, 0.15) is 0 Å². The van der Waals surface area contributed by atoms with E-state index in [4.69, 9.17) is 4.74 Å². The number of allylic oxidation sites excluding steroid dienone is 3. The van der Waals surface area contributed by atoms with Crippen molar-refractivity contribution >= 4 is 0 Å². The zero-order valence-corrected chi connectivity index (χ0v) is 14.3. The van der Waals surface area contributed by atoms with Crippen molar-refractivity contribution in [1.29, 1.82) is 5.26 Å². The molecule has 124 valence electrons. The first-order valence-corrected chi connectivity index (χ1v) is 9.10. The van der Waals surface area contributed by atoms with Gasteiger partial charge in [0.15, 0.2) is 5.60 Å². The predicted molar refractivity (Wildman–Crippen MR) is 88.2 cm³/mol. The monoisotopic (exact) mass is 313 g/mol. The summed E-state index contributed by atoms with van der Waals surface area (Å²) in [5.74, 6) is 2.97. The van der Waals surface area contributed by atoms with Gasteiger partial charge >= 0.3 is 0 Å². The van der Waals surface area contributed by atoms with Crippen LogP contribution < -0.4 is 0 Å². The lowest BCUT2D eigenvalue weighted by atomic mass is 9.53. The molecule has 0 aromatic carbocycles. The molecule has 2 fully saturated rings. The van der Waals surface area contributed by atoms with Crippen LogP contribution in [0.1, 0.15) is 58.3 Å². The fourth-order valence-corrected chi connectivity index (χ4v) is 6.25. The molecule has 4 aliphatic carbocycles. The summed E-state index contributed by atoms with van der Waals surface area (Å²) in [5.41, 5.74) is 1.97. The van der Waals surface area contributed by atoms with Gasteiger partial charge in [-0.15, -0.1) is 0 Å². The first-order valence-electron chi connectivity index (χ1n) is 9.10. The number of methoxy groups -OCH3 is 1. The molecule has 0 aromatic rings. The molecule has 4 aliphatic rings. The van der Waals surface area contributed by atoms with E-state index in [0.29, 0.717) is 24.2 Å². The van der Waals surface area contributed by atoms with Crippen molar-refractivity contribution in [1.82, 2.24) is 0 Å². The lowest BCUT2D eigenvalue weighted by Gasteiger charge is -2.52. The van der Waals surface area contributed by atoms with Crippen LogP contribution >= 0.6 is 0 Å². The average molecular weight is 313 g/mol. The van der Waals surface area contributed by atoms with E-state index in [1.807, 2.05) is 0 Å². The molecule has 1 N–H and O–H groups in total. The van der Waals surface area contributed by atoms with E-state index < -0.39 is 5.60 Å². The maximum Gasteiger partial charge on any atom is 0.156 e. The number of hydrogen-bond donors (Lipinski definition) is 1. The van der Waals surface area contributed by atoms with Crippen molar-refractivity contribution in [2.45, 2.75) is 63.9 Å². The van der Waals surface area contributed by atoms with Crippen molar-refractivity contribution in [3.8, 4) is 6.07 Å². The van der Waals surface area contributed by atoms with Crippen LogP contribution in [0.25, 0.3) is 0 Å². The molecule has 0 radical (unpaired) electrons. The molecule has 0 aromatic heterocycles. The van der Waals surface area contributed by atoms with Crippen LogP contribution in [0.15, 0.2) is 23.0 Å². The summed E-state index contributed by atoms with van der Waals surface area (Å²) >= 11 is 0. The summed E-state index contributed by atoms with van der Waals surface area (Å²) in [7, 11) is 1.77. The Morgan fingerprint density at radius 1 is 1.30 bits per heavy atom. The molecule has 5 unspecified atom stereocenters. The number of nitrogens with zero attached hydrogens (tertiary/aromatic N) is 1. The quantitative estimate of drug-likeness (QED) is 0.586. The van der Waals surface area contributed by atoms with Crippen molar-refractivity contribution < 1.29 is 9.84 Å². The van der Waals surface area contributed by atoms with Gasteiger partial charge in [0.05, 0.1) is 18.9 Å². The minimum absolute atomic E-state index is 0.205. The van der Waals surface area contributed by atoms with Gasteiger partial charge in [0.2, 0.25) is 0 Å². The van der Waals surface area contributed by atoms with Crippen molar-refractivity contribution in [2.75, 3.05) is 7.11 Å². The Balaban J connectivity index is 1.63. The van der Waals surface area contributed by atoms with Crippen LogP contribution in [0.5, 0.6) is 0 Å². The summed E-state index contributed by atoms with van der Waals surface area (Å²) in [5, 5.41) is 20.4. The van der Waals surface area contributed by atoms with Gasteiger partial charge in [-0.3, -0.25) is 0 Å². The third-order valence-corrected chi connectivity index (χ3v) is 7.65. The SMILES string of the molecule is COC1=CCC2=C(CCC3C2CCC2(C)C3CCC2(O)C#N)C1.